The summed E-state index contributed by atoms with van der Waals surface area (Å²) in [5.41, 5.74) is 8.04. The maximum Gasteiger partial charge on any atom is 0.393 e. The number of thiophene rings is 1. The van der Waals surface area contributed by atoms with Gasteiger partial charge in [-0.3, -0.25) is 4.90 Å². The Kier molecular flexibility index (Phi) is 5.41. The van der Waals surface area contributed by atoms with Crippen LogP contribution in [0.15, 0.2) is 30.6 Å². The molecule has 1 atom stereocenters. The average molecular weight is 473 g/mol. The highest BCUT2D eigenvalue weighted by atomic mass is 32.1. The SMILES string of the molecule is N#Cc1cc(CN2CCC3(CCN(c4ncnc5sc(CC(F)(F)F)cc45)C3)C2)ccc1N. The number of nitrogens with zero attached hydrogens (tertiary/aromatic N) is 5. The molecule has 10 heteroatoms. The number of fused-ring (bicyclic) bond motifs is 1. The van der Waals surface area contributed by atoms with Crippen molar-refractivity contribution in [2.24, 2.45) is 5.41 Å². The maximum absolute atomic E-state index is 12.9. The van der Waals surface area contributed by atoms with Crippen LogP contribution in [-0.4, -0.2) is 47.2 Å². The van der Waals surface area contributed by atoms with Crippen molar-refractivity contribution in [1.82, 2.24) is 14.9 Å². The monoisotopic (exact) mass is 472 g/mol. The van der Waals surface area contributed by atoms with Gasteiger partial charge in [0, 0.05) is 42.2 Å². The van der Waals surface area contributed by atoms with Crippen LogP contribution < -0.4 is 10.6 Å². The molecule has 0 amide bonds. The van der Waals surface area contributed by atoms with Crippen LogP contribution in [0.1, 0.15) is 28.8 Å². The molecule has 2 aliphatic heterocycles. The third-order valence-electron chi connectivity index (χ3n) is 6.63. The Labute approximate surface area is 193 Å². The van der Waals surface area contributed by atoms with E-state index in [0.29, 0.717) is 21.5 Å². The van der Waals surface area contributed by atoms with E-state index < -0.39 is 12.6 Å². The van der Waals surface area contributed by atoms with E-state index in [1.807, 2.05) is 12.1 Å². The Morgan fingerprint density at radius 3 is 2.76 bits per heavy atom. The minimum atomic E-state index is -4.24. The number of rotatable bonds is 4. The first-order valence-corrected chi connectivity index (χ1v) is 11.6. The molecule has 2 N–H and O–H groups in total. The summed E-state index contributed by atoms with van der Waals surface area (Å²) in [4.78, 5) is 14.1. The number of anilines is 2. The van der Waals surface area contributed by atoms with E-state index in [2.05, 4.69) is 25.8 Å². The second-order valence-electron chi connectivity index (χ2n) is 9.09. The average Bonchev–Trinajstić information content (AvgIpc) is 3.46. The van der Waals surface area contributed by atoms with Crippen LogP contribution in [0, 0.1) is 16.7 Å². The zero-order chi connectivity index (χ0) is 23.2. The zero-order valence-corrected chi connectivity index (χ0v) is 18.7. The molecule has 2 aromatic heterocycles. The summed E-state index contributed by atoms with van der Waals surface area (Å²) in [6, 6.07) is 9.34. The number of alkyl halides is 3. The first-order chi connectivity index (χ1) is 15.7. The number of nitriles is 1. The first-order valence-electron chi connectivity index (χ1n) is 10.8. The molecule has 2 aliphatic rings. The van der Waals surface area contributed by atoms with Gasteiger partial charge in [0.05, 0.1) is 17.4 Å². The molecule has 5 rings (SSSR count). The van der Waals surface area contributed by atoms with Gasteiger partial charge in [0.25, 0.3) is 0 Å². The van der Waals surface area contributed by atoms with Crippen LogP contribution in [0.5, 0.6) is 0 Å². The van der Waals surface area contributed by atoms with Crippen LogP contribution in [0.3, 0.4) is 0 Å². The molecular weight excluding hydrogens is 449 g/mol. The molecule has 0 aliphatic carbocycles. The number of nitrogen functional groups attached to an aromatic ring is 1. The number of hydrogen-bond donors (Lipinski definition) is 1. The van der Waals surface area contributed by atoms with Gasteiger partial charge < -0.3 is 10.6 Å². The fourth-order valence-corrected chi connectivity index (χ4v) is 6.12. The lowest BCUT2D eigenvalue weighted by Gasteiger charge is -2.25. The van der Waals surface area contributed by atoms with Crippen molar-refractivity contribution in [3.05, 3.63) is 46.6 Å². The smallest absolute Gasteiger partial charge is 0.393 e. The molecule has 33 heavy (non-hydrogen) atoms. The molecule has 0 radical (unpaired) electrons. The van der Waals surface area contributed by atoms with Crippen molar-refractivity contribution in [3.8, 4) is 6.07 Å². The van der Waals surface area contributed by atoms with Crippen LogP contribution >= 0.6 is 11.3 Å². The topological polar surface area (TPSA) is 82.1 Å². The van der Waals surface area contributed by atoms with Crippen LogP contribution in [0.25, 0.3) is 10.2 Å². The lowest BCUT2D eigenvalue weighted by molar-refractivity contribution is -0.126. The standard InChI is InChI=1S/C23H23F3N6S/c24-23(25,26)9-17-8-18-20(29-14-30-21(18)33-17)32-6-4-22(13-32)3-5-31(12-22)11-15-1-2-19(28)16(7-15)10-27/h1-2,7-8,14H,3-6,9,11-13,28H2. The van der Waals surface area contributed by atoms with Crippen molar-refractivity contribution >= 4 is 33.1 Å². The third-order valence-corrected chi connectivity index (χ3v) is 7.68. The minimum Gasteiger partial charge on any atom is -0.398 e. The number of nitrogens with two attached hydrogens (primary N) is 1. The molecule has 1 unspecified atom stereocenters. The predicted octanol–water partition coefficient (Wildman–Crippen LogP) is 4.35. The van der Waals surface area contributed by atoms with Crippen molar-refractivity contribution in [1.29, 1.82) is 5.26 Å². The van der Waals surface area contributed by atoms with Gasteiger partial charge in [0.15, 0.2) is 0 Å². The van der Waals surface area contributed by atoms with E-state index in [4.69, 9.17) is 5.73 Å². The molecule has 6 nitrogen and oxygen atoms in total. The van der Waals surface area contributed by atoms with Crippen molar-refractivity contribution in [2.45, 2.75) is 32.0 Å². The second kappa shape index (κ2) is 8.15. The number of halogens is 3. The normalized spacial score (nSPS) is 21.3. The maximum atomic E-state index is 12.9. The van der Waals surface area contributed by atoms with E-state index in [1.54, 1.807) is 12.1 Å². The zero-order valence-electron chi connectivity index (χ0n) is 17.9. The second-order valence-corrected chi connectivity index (χ2v) is 10.2. The Morgan fingerprint density at radius 2 is 1.97 bits per heavy atom. The summed E-state index contributed by atoms with van der Waals surface area (Å²) in [5.74, 6) is 0.734. The number of benzene rings is 1. The van der Waals surface area contributed by atoms with Gasteiger partial charge in [-0.1, -0.05) is 6.07 Å². The van der Waals surface area contributed by atoms with Gasteiger partial charge in [0.1, 0.15) is 23.0 Å². The minimum absolute atomic E-state index is 0.133. The van der Waals surface area contributed by atoms with Gasteiger partial charge in [0.2, 0.25) is 0 Å². The van der Waals surface area contributed by atoms with Crippen LogP contribution in [-0.2, 0) is 13.0 Å². The number of likely N-dealkylation sites (tertiary alicyclic amines) is 1. The summed E-state index contributed by atoms with van der Waals surface area (Å²) in [6.07, 6.45) is -1.66. The van der Waals surface area contributed by atoms with E-state index in [1.165, 1.54) is 6.33 Å². The number of hydrogen-bond acceptors (Lipinski definition) is 7. The number of aromatic nitrogens is 2. The van der Waals surface area contributed by atoms with Gasteiger partial charge in [-0.05, 0) is 43.1 Å². The molecular formula is C23H23F3N6S. The fourth-order valence-electron chi connectivity index (χ4n) is 5.10. The highest BCUT2D eigenvalue weighted by Gasteiger charge is 2.44. The summed E-state index contributed by atoms with van der Waals surface area (Å²) in [7, 11) is 0. The first kappa shape index (κ1) is 21.9. The van der Waals surface area contributed by atoms with Crippen molar-refractivity contribution in [2.75, 3.05) is 36.8 Å². The predicted molar refractivity (Wildman–Crippen MR) is 122 cm³/mol. The summed E-state index contributed by atoms with van der Waals surface area (Å²) >= 11 is 1.09. The highest BCUT2D eigenvalue weighted by molar-refractivity contribution is 7.18. The van der Waals surface area contributed by atoms with Gasteiger partial charge >= 0.3 is 6.18 Å². The molecule has 0 saturated carbocycles. The van der Waals surface area contributed by atoms with Crippen LogP contribution in [0.4, 0.5) is 24.7 Å². The van der Waals surface area contributed by atoms with E-state index in [-0.39, 0.29) is 10.3 Å². The Hall–Kier alpha value is -2.90. The van der Waals surface area contributed by atoms with Crippen molar-refractivity contribution in [3.63, 3.8) is 0 Å². The van der Waals surface area contributed by atoms with Crippen LogP contribution in [0.2, 0.25) is 0 Å². The van der Waals surface area contributed by atoms with Gasteiger partial charge in [-0.2, -0.15) is 18.4 Å². The third kappa shape index (κ3) is 4.48. The lowest BCUT2D eigenvalue weighted by Crippen LogP contribution is -2.31. The Bertz CT molecular complexity index is 1230. The van der Waals surface area contributed by atoms with E-state index in [9.17, 15) is 18.4 Å². The molecule has 3 aromatic rings. The molecule has 1 spiro atoms. The molecule has 2 saturated heterocycles. The van der Waals surface area contributed by atoms with Gasteiger partial charge in [-0.15, -0.1) is 11.3 Å². The van der Waals surface area contributed by atoms with E-state index >= 15 is 0 Å². The Balaban J connectivity index is 1.30. The fraction of sp³-hybridized carbons (Fsp3) is 0.435. The van der Waals surface area contributed by atoms with Gasteiger partial charge in [-0.25, -0.2) is 9.97 Å². The molecule has 1 aromatic carbocycles. The molecule has 4 heterocycles. The van der Waals surface area contributed by atoms with E-state index in [0.717, 1.165) is 68.3 Å². The summed E-state index contributed by atoms with van der Waals surface area (Å²) in [5, 5.41) is 9.93. The summed E-state index contributed by atoms with van der Waals surface area (Å²) in [6.45, 7) is 4.32. The van der Waals surface area contributed by atoms with Crippen molar-refractivity contribution < 1.29 is 13.2 Å². The lowest BCUT2D eigenvalue weighted by atomic mass is 9.86. The molecule has 172 valence electrons. The quantitative estimate of drug-likeness (QED) is 0.569. The summed E-state index contributed by atoms with van der Waals surface area (Å²) < 4.78 is 38.6. The highest BCUT2D eigenvalue weighted by Crippen LogP contribution is 2.43. The largest absolute Gasteiger partial charge is 0.398 e. The Morgan fingerprint density at radius 1 is 1.15 bits per heavy atom. The molecule has 0 bridgehead atoms. The molecule has 2 fully saturated rings.